The maximum Gasteiger partial charge on any atom is 0.439 e. The number of nitrogens with one attached hydrogen (secondary N) is 2. The standard InChI is InChI=1S/C11H10ClF6N3O/c1-2-7(22)21-9(10(13,14)15,11(16,17)18)20-6-4-3-5-19-8(6)12/h3-5,20H,2H2,1H3,(H,21,22). The zero-order valence-corrected chi connectivity index (χ0v) is 11.7. The number of amides is 1. The molecule has 0 aliphatic carbocycles. The number of nitrogens with zero attached hydrogens (tertiary/aromatic N) is 1. The second kappa shape index (κ2) is 6.19. The van der Waals surface area contributed by atoms with E-state index in [1.165, 1.54) is 5.32 Å². The molecule has 1 rings (SSSR count). The summed E-state index contributed by atoms with van der Waals surface area (Å²) < 4.78 is 78.7. The van der Waals surface area contributed by atoms with Gasteiger partial charge in [-0.1, -0.05) is 18.5 Å². The lowest BCUT2D eigenvalue weighted by atomic mass is 10.1. The van der Waals surface area contributed by atoms with Gasteiger partial charge in [0.25, 0.3) is 0 Å². The molecule has 0 fully saturated rings. The van der Waals surface area contributed by atoms with Crippen molar-refractivity contribution in [3.63, 3.8) is 0 Å². The van der Waals surface area contributed by atoms with Crippen molar-refractivity contribution < 1.29 is 31.1 Å². The molecule has 0 atom stereocenters. The Morgan fingerprint density at radius 1 is 1.23 bits per heavy atom. The number of anilines is 1. The number of halogens is 7. The second-order valence-corrected chi connectivity index (χ2v) is 4.47. The van der Waals surface area contributed by atoms with E-state index in [4.69, 9.17) is 11.6 Å². The number of hydrogen-bond acceptors (Lipinski definition) is 3. The fourth-order valence-electron chi connectivity index (χ4n) is 1.45. The summed E-state index contributed by atoms with van der Waals surface area (Å²) >= 11 is 5.48. The third kappa shape index (κ3) is 3.54. The zero-order chi connectivity index (χ0) is 17.2. The van der Waals surface area contributed by atoms with Crippen LogP contribution in [0.15, 0.2) is 18.3 Å². The predicted molar refractivity (Wildman–Crippen MR) is 66.1 cm³/mol. The first-order valence-corrected chi connectivity index (χ1v) is 6.15. The fourth-order valence-corrected chi connectivity index (χ4v) is 1.62. The number of aromatic nitrogens is 1. The van der Waals surface area contributed by atoms with Crippen LogP contribution in [0.3, 0.4) is 0 Å². The van der Waals surface area contributed by atoms with Gasteiger partial charge in [-0.05, 0) is 12.1 Å². The molecule has 11 heteroatoms. The molecule has 1 aromatic rings. The number of alkyl halides is 6. The van der Waals surface area contributed by atoms with E-state index < -0.39 is 41.2 Å². The van der Waals surface area contributed by atoms with Crippen molar-refractivity contribution in [3.05, 3.63) is 23.5 Å². The van der Waals surface area contributed by atoms with Gasteiger partial charge in [0, 0.05) is 12.6 Å². The number of pyridine rings is 1. The minimum atomic E-state index is -5.88. The maximum atomic E-state index is 13.1. The van der Waals surface area contributed by atoms with Crippen LogP contribution in [0.25, 0.3) is 0 Å². The van der Waals surface area contributed by atoms with E-state index in [2.05, 4.69) is 4.98 Å². The smallest absolute Gasteiger partial charge is 0.345 e. The molecule has 0 saturated carbocycles. The van der Waals surface area contributed by atoms with E-state index in [9.17, 15) is 31.1 Å². The summed E-state index contributed by atoms with van der Waals surface area (Å²) in [5, 5.41) is 1.57. The molecule has 2 N–H and O–H groups in total. The molecule has 0 bridgehead atoms. The summed E-state index contributed by atoms with van der Waals surface area (Å²) in [5.41, 5.74) is -5.41. The van der Waals surface area contributed by atoms with Gasteiger partial charge >= 0.3 is 18.0 Å². The first-order valence-electron chi connectivity index (χ1n) is 5.77. The number of carbonyl (C=O) groups excluding carboxylic acids is 1. The van der Waals surface area contributed by atoms with E-state index >= 15 is 0 Å². The lowest BCUT2D eigenvalue weighted by molar-refractivity contribution is -0.295. The summed E-state index contributed by atoms with van der Waals surface area (Å²) in [6, 6.07) is 1.97. The topological polar surface area (TPSA) is 54.0 Å². The van der Waals surface area contributed by atoms with Crippen LogP contribution in [0, 0.1) is 0 Å². The van der Waals surface area contributed by atoms with E-state index in [-0.39, 0.29) is 0 Å². The first-order chi connectivity index (χ1) is 9.94. The molecule has 4 nitrogen and oxygen atoms in total. The lowest BCUT2D eigenvalue weighted by Gasteiger charge is -2.38. The Bertz CT molecular complexity index is 531. The van der Waals surface area contributed by atoms with Crippen molar-refractivity contribution in [1.82, 2.24) is 10.3 Å². The molecule has 0 aliphatic rings. The van der Waals surface area contributed by atoms with Gasteiger partial charge in [-0.2, -0.15) is 26.3 Å². The molecule has 124 valence electrons. The van der Waals surface area contributed by atoms with Crippen LogP contribution in [0.5, 0.6) is 0 Å². The van der Waals surface area contributed by atoms with Crippen molar-refractivity contribution in [2.24, 2.45) is 0 Å². The van der Waals surface area contributed by atoms with Gasteiger partial charge in [0.1, 0.15) is 0 Å². The third-order valence-corrected chi connectivity index (χ3v) is 2.88. The SMILES string of the molecule is CCC(=O)NC(Nc1cccnc1Cl)(C(F)(F)F)C(F)(F)F. The Morgan fingerprint density at radius 2 is 1.77 bits per heavy atom. The van der Waals surface area contributed by atoms with E-state index in [0.29, 0.717) is 0 Å². The van der Waals surface area contributed by atoms with E-state index in [1.54, 1.807) is 0 Å². The number of rotatable bonds is 4. The summed E-state index contributed by atoms with van der Waals surface area (Å²) in [7, 11) is 0. The highest BCUT2D eigenvalue weighted by Gasteiger charge is 2.72. The monoisotopic (exact) mass is 349 g/mol. The molecule has 0 radical (unpaired) electrons. The van der Waals surface area contributed by atoms with Gasteiger partial charge in [-0.15, -0.1) is 0 Å². The predicted octanol–water partition coefficient (Wildman–Crippen LogP) is 3.49. The molecule has 0 spiro atoms. The summed E-state index contributed by atoms with van der Waals surface area (Å²) in [6.45, 7) is 1.11. The van der Waals surface area contributed by atoms with Crippen molar-refractivity contribution in [2.45, 2.75) is 31.4 Å². The molecule has 1 amide bonds. The van der Waals surface area contributed by atoms with Crippen molar-refractivity contribution in [2.75, 3.05) is 5.32 Å². The lowest BCUT2D eigenvalue weighted by Crippen LogP contribution is -2.72. The second-order valence-electron chi connectivity index (χ2n) is 4.11. The minimum Gasteiger partial charge on any atom is -0.345 e. The largest absolute Gasteiger partial charge is 0.439 e. The summed E-state index contributed by atoms with van der Waals surface area (Å²) in [4.78, 5) is 14.6. The first kappa shape index (κ1) is 18.3. The van der Waals surface area contributed by atoms with Crippen molar-refractivity contribution in [3.8, 4) is 0 Å². The summed E-state index contributed by atoms with van der Waals surface area (Å²) in [6.07, 6.45) is -11.2. The highest BCUT2D eigenvalue weighted by Crippen LogP contribution is 2.44. The molecule has 0 aliphatic heterocycles. The average Bonchev–Trinajstić information content (AvgIpc) is 2.37. The van der Waals surface area contributed by atoms with Crippen LogP contribution in [0.2, 0.25) is 5.15 Å². The van der Waals surface area contributed by atoms with Crippen LogP contribution in [0.1, 0.15) is 13.3 Å². The average molecular weight is 350 g/mol. The van der Waals surface area contributed by atoms with Gasteiger partial charge < -0.3 is 10.6 Å². The molecule has 1 aromatic heterocycles. The Morgan fingerprint density at radius 3 is 2.18 bits per heavy atom. The van der Waals surface area contributed by atoms with Gasteiger partial charge in [0.2, 0.25) is 5.91 Å². The van der Waals surface area contributed by atoms with Crippen molar-refractivity contribution in [1.29, 1.82) is 0 Å². The van der Waals surface area contributed by atoms with Crippen molar-refractivity contribution >= 4 is 23.2 Å². The van der Waals surface area contributed by atoms with Gasteiger partial charge in [0.15, 0.2) is 5.15 Å². The van der Waals surface area contributed by atoms with Crippen LogP contribution in [-0.2, 0) is 4.79 Å². The summed E-state index contributed by atoms with van der Waals surface area (Å²) in [5.74, 6) is -1.44. The Hall–Kier alpha value is -1.71. The van der Waals surface area contributed by atoms with E-state index in [1.807, 2.05) is 0 Å². The molecular weight excluding hydrogens is 340 g/mol. The van der Waals surface area contributed by atoms with Crippen LogP contribution in [-0.4, -0.2) is 28.9 Å². The highest BCUT2D eigenvalue weighted by molar-refractivity contribution is 6.31. The zero-order valence-electron chi connectivity index (χ0n) is 10.9. The van der Waals surface area contributed by atoms with Crippen LogP contribution >= 0.6 is 11.6 Å². The molecule has 0 aromatic carbocycles. The molecular formula is C11H10ClF6N3O. The van der Waals surface area contributed by atoms with E-state index in [0.717, 1.165) is 30.6 Å². The quantitative estimate of drug-likeness (QED) is 0.497. The fraction of sp³-hybridized carbons (Fsp3) is 0.455. The van der Waals surface area contributed by atoms with Gasteiger partial charge in [-0.25, -0.2) is 4.98 Å². The number of hydrogen-bond donors (Lipinski definition) is 2. The molecule has 0 saturated heterocycles. The highest BCUT2D eigenvalue weighted by atomic mass is 35.5. The number of carbonyl (C=O) groups is 1. The third-order valence-electron chi connectivity index (χ3n) is 2.58. The molecule has 1 heterocycles. The Kier molecular flexibility index (Phi) is 5.16. The Labute approximate surface area is 125 Å². The van der Waals surface area contributed by atoms with Crippen LogP contribution < -0.4 is 10.6 Å². The van der Waals surface area contributed by atoms with Gasteiger partial charge in [-0.3, -0.25) is 4.79 Å². The molecule has 0 unspecified atom stereocenters. The Balaban J connectivity index is 3.43. The minimum absolute atomic E-state index is 0.573. The molecule has 22 heavy (non-hydrogen) atoms. The van der Waals surface area contributed by atoms with Crippen LogP contribution in [0.4, 0.5) is 32.0 Å². The maximum absolute atomic E-state index is 13.1. The normalized spacial score (nSPS) is 12.9. The van der Waals surface area contributed by atoms with Gasteiger partial charge in [0.05, 0.1) is 5.69 Å².